The molecule has 0 aliphatic carbocycles. The molecule has 2 N–H and O–H groups in total. The van der Waals surface area contributed by atoms with Crippen LogP contribution in [0.1, 0.15) is 19.4 Å². The van der Waals surface area contributed by atoms with Gasteiger partial charge >= 0.3 is 0 Å². The molecule has 0 spiro atoms. The van der Waals surface area contributed by atoms with Gasteiger partial charge in [0.25, 0.3) is 0 Å². The number of methoxy groups -OCH3 is 3. The van der Waals surface area contributed by atoms with Gasteiger partial charge in [-0.15, -0.1) is 0 Å². The lowest BCUT2D eigenvalue weighted by atomic mass is 10.1. The summed E-state index contributed by atoms with van der Waals surface area (Å²) >= 11 is 0. The lowest BCUT2D eigenvalue weighted by Gasteiger charge is -2.36. The highest BCUT2D eigenvalue weighted by atomic mass is 16.5. The Morgan fingerprint density at radius 2 is 1.68 bits per heavy atom. The number of amides is 1. The van der Waals surface area contributed by atoms with E-state index in [4.69, 9.17) is 14.2 Å². The van der Waals surface area contributed by atoms with Crippen LogP contribution in [0, 0.1) is 0 Å². The second-order valence-electron chi connectivity index (χ2n) is 7.72. The second-order valence-corrected chi connectivity index (χ2v) is 7.72. The summed E-state index contributed by atoms with van der Waals surface area (Å²) in [5, 5.41) is 6.38. The predicted octanol–water partition coefficient (Wildman–Crippen LogP) is 0.973. The van der Waals surface area contributed by atoms with Crippen LogP contribution in [-0.4, -0.2) is 95.4 Å². The van der Waals surface area contributed by atoms with E-state index in [1.54, 1.807) is 28.4 Å². The molecule has 0 aromatic heterocycles. The number of nitrogens with zero attached hydrogens (tertiary/aromatic N) is 3. The minimum Gasteiger partial charge on any atom is -0.496 e. The van der Waals surface area contributed by atoms with Crippen LogP contribution in [0.5, 0.6) is 17.2 Å². The molecule has 9 heteroatoms. The lowest BCUT2D eigenvalue weighted by Crippen LogP contribution is -2.54. The second kappa shape index (κ2) is 12.2. The highest BCUT2D eigenvalue weighted by Gasteiger charge is 2.21. The first-order valence-electron chi connectivity index (χ1n) is 10.7. The molecule has 1 aromatic rings. The fraction of sp³-hybridized carbons (Fsp3) is 0.636. The number of rotatable bonds is 9. The minimum atomic E-state index is 0.0772. The fourth-order valence-electron chi connectivity index (χ4n) is 3.64. The van der Waals surface area contributed by atoms with Crippen molar-refractivity contribution < 1.29 is 19.0 Å². The fourth-order valence-corrected chi connectivity index (χ4v) is 3.64. The van der Waals surface area contributed by atoms with Gasteiger partial charge in [0.15, 0.2) is 5.96 Å². The summed E-state index contributed by atoms with van der Waals surface area (Å²) in [6.45, 7) is 8.37. The van der Waals surface area contributed by atoms with Crippen molar-refractivity contribution in [2.75, 3.05) is 67.6 Å². The number of carbonyl (C=O) groups excluding carboxylic acids is 1. The molecule has 0 bridgehead atoms. The van der Waals surface area contributed by atoms with Crippen molar-refractivity contribution in [3.63, 3.8) is 0 Å². The van der Waals surface area contributed by atoms with E-state index in [0.29, 0.717) is 25.3 Å². The van der Waals surface area contributed by atoms with Crippen LogP contribution in [0.2, 0.25) is 0 Å². The maximum Gasteiger partial charge on any atom is 0.234 e. The molecule has 174 valence electrons. The van der Waals surface area contributed by atoms with Crippen molar-refractivity contribution in [3.05, 3.63) is 17.7 Å². The van der Waals surface area contributed by atoms with Gasteiger partial charge in [-0.2, -0.15) is 0 Å². The molecular weight excluding hydrogens is 398 g/mol. The molecule has 1 saturated heterocycles. The summed E-state index contributed by atoms with van der Waals surface area (Å²) in [5.74, 6) is 3.11. The molecule has 0 atom stereocenters. The topological polar surface area (TPSA) is 87.7 Å². The first-order chi connectivity index (χ1) is 14.9. The largest absolute Gasteiger partial charge is 0.496 e. The summed E-state index contributed by atoms with van der Waals surface area (Å²) in [6, 6.07) is 3.89. The SMILES string of the molecule is CN=C(NCCc1c(OC)cc(OC)cc1OC)N1CCN(CC(=O)NC(C)C)CC1. The third-order valence-corrected chi connectivity index (χ3v) is 5.18. The normalized spacial score (nSPS) is 15.1. The van der Waals surface area contributed by atoms with Crippen LogP contribution in [0.3, 0.4) is 0 Å². The van der Waals surface area contributed by atoms with Gasteiger partial charge in [-0.05, 0) is 20.3 Å². The molecule has 9 nitrogen and oxygen atoms in total. The van der Waals surface area contributed by atoms with Crippen molar-refractivity contribution in [1.29, 1.82) is 0 Å². The van der Waals surface area contributed by atoms with E-state index >= 15 is 0 Å². The summed E-state index contributed by atoms with van der Waals surface area (Å²) in [4.78, 5) is 20.8. The van der Waals surface area contributed by atoms with Gasteiger partial charge in [0.1, 0.15) is 17.2 Å². The molecule has 1 aromatic carbocycles. The number of nitrogens with one attached hydrogen (secondary N) is 2. The Kier molecular flexibility index (Phi) is 9.71. The highest BCUT2D eigenvalue weighted by molar-refractivity contribution is 5.80. The molecule has 2 rings (SSSR count). The first-order valence-corrected chi connectivity index (χ1v) is 10.7. The number of piperazine rings is 1. The monoisotopic (exact) mass is 435 g/mol. The number of hydrogen-bond acceptors (Lipinski definition) is 6. The molecule has 1 aliphatic rings. The number of ether oxygens (including phenoxy) is 3. The van der Waals surface area contributed by atoms with Gasteiger partial charge in [0, 0.05) is 63.5 Å². The zero-order valence-electron chi connectivity index (χ0n) is 19.7. The molecular formula is C22H37N5O4. The van der Waals surface area contributed by atoms with Crippen LogP contribution >= 0.6 is 0 Å². The van der Waals surface area contributed by atoms with Gasteiger partial charge in [-0.25, -0.2) is 0 Å². The molecule has 0 saturated carbocycles. The summed E-state index contributed by atoms with van der Waals surface area (Å²) < 4.78 is 16.4. The highest BCUT2D eigenvalue weighted by Crippen LogP contribution is 2.34. The summed E-state index contributed by atoms with van der Waals surface area (Å²) in [7, 11) is 6.70. The van der Waals surface area contributed by atoms with Crippen LogP contribution in [0.25, 0.3) is 0 Å². The predicted molar refractivity (Wildman–Crippen MR) is 122 cm³/mol. The first kappa shape index (κ1) is 24.6. The Hall–Kier alpha value is -2.68. The van der Waals surface area contributed by atoms with E-state index in [0.717, 1.165) is 49.2 Å². The summed E-state index contributed by atoms with van der Waals surface area (Å²) in [5.41, 5.74) is 0.981. The Morgan fingerprint density at radius 3 is 2.16 bits per heavy atom. The quantitative estimate of drug-likeness (QED) is 0.441. The molecule has 31 heavy (non-hydrogen) atoms. The van der Waals surface area contributed by atoms with Crippen molar-refractivity contribution in [1.82, 2.24) is 20.4 Å². The standard InChI is InChI=1S/C22H37N5O4/c1-16(2)25-21(28)15-26-9-11-27(12-10-26)22(23-3)24-8-7-18-19(30-5)13-17(29-4)14-20(18)31-6/h13-14,16H,7-12,15H2,1-6H3,(H,23,24)(H,25,28). The Morgan fingerprint density at radius 1 is 1.06 bits per heavy atom. The average Bonchev–Trinajstić information content (AvgIpc) is 2.76. The third kappa shape index (κ3) is 7.20. The van der Waals surface area contributed by atoms with E-state index in [-0.39, 0.29) is 11.9 Å². The number of benzene rings is 1. The molecule has 1 heterocycles. The molecule has 1 aliphatic heterocycles. The molecule has 0 radical (unpaired) electrons. The molecule has 1 fully saturated rings. The van der Waals surface area contributed by atoms with E-state index in [9.17, 15) is 4.79 Å². The van der Waals surface area contributed by atoms with Gasteiger partial charge in [0.2, 0.25) is 5.91 Å². The van der Waals surface area contributed by atoms with Gasteiger partial charge < -0.3 is 29.7 Å². The van der Waals surface area contributed by atoms with Crippen molar-refractivity contribution in [2.45, 2.75) is 26.3 Å². The zero-order valence-corrected chi connectivity index (χ0v) is 19.7. The maximum absolute atomic E-state index is 12.0. The van der Waals surface area contributed by atoms with Gasteiger partial charge in [-0.1, -0.05) is 0 Å². The Labute approximate surface area is 185 Å². The van der Waals surface area contributed by atoms with Crippen molar-refractivity contribution in [3.8, 4) is 17.2 Å². The average molecular weight is 436 g/mol. The van der Waals surface area contributed by atoms with Crippen molar-refractivity contribution >= 4 is 11.9 Å². The van der Waals surface area contributed by atoms with Crippen molar-refractivity contribution in [2.24, 2.45) is 4.99 Å². The molecule has 1 amide bonds. The minimum absolute atomic E-state index is 0.0772. The summed E-state index contributed by atoms with van der Waals surface area (Å²) in [6.07, 6.45) is 0.713. The van der Waals surface area contributed by atoms with E-state index in [1.165, 1.54) is 0 Å². The van der Waals surface area contributed by atoms with Gasteiger partial charge in [0.05, 0.1) is 27.9 Å². The van der Waals surface area contributed by atoms with Crippen LogP contribution < -0.4 is 24.8 Å². The van der Waals surface area contributed by atoms with Gasteiger partial charge in [-0.3, -0.25) is 14.7 Å². The maximum atomic E-state index is 12.0. The number of carbonyl (C=O) groups is 1. The number of hydrogen-bond donors (Lipinski definition) is 2. The molecule has 0 unspecified atom stereocenters. The Balaban J connectivity index is 1.88. The van der Waals surface area contributed by atoms with E-state index in [1.807, 2.05) is 26.0 Å². The zero-order chi connectivity index (χ0) is 22.8. The smallest absolute Gasteiger partial charge is 0.234 e. The van der Waals surface area contributed by atoms with Crippen LogP contribution in [0.15, 0.2) is 17.1 Å². The number of aliphatic imine (C=N–C) groups is 1. The Bertz CT molecular complexity index is 720. The number of guanidine groups is 1. The van der Waals surface area contributed by atoms with Crippen LogP contribution in [0.4, 0.5) is 0 Å². The van der Waals surface area contributed by atoms with Crippen LogP contribution in [-0.2, 0) is 11.2 Å². The van der Waals surface area contributed by atoms with E-state index in [2.05, 4.69) is 25.4 Å². The third-order valence-electron chi connectivity index (χ3n) is 5.18. The lowest BCUT2D eigenvalue weighted by molar-refractivity contribution is -0.123. The van der Waals surface area contributed by atoms with E-state index < -0.39 is 0 Å².